The maximum absolute atomic E-state index is 13.3. The van der Waals surface area contributed by atoms with E-state index in [2.05, 4.69) is 0 Å². The van der Waals surface area contributed by atoms with Gasteiger partial charge in [0.05, 0.1) is 13.2 Å². The number of allylic oxidation sites excluding steroid dienone is 1. The fraction of sp³-hybridized carbons (Fsp3) is 0.692. The van der Waals surface area contributed by atoms with Crippen molar-refractivity contribution in [2.75, 3.05) is 19.8 Å². The summed E-state index contributed by atoms with van der Waals surface area (Å²) in [4.78, 5) is 26.2. The topological polar surface area (TPSA) is 181 Å². The summed E-state index contributed by atoms with van der Waals surface area (Å²) >= 11 is 0. The molecular weight excluding hydrogens is 504 g/mol. The highest BCUT2D eigenvalue weighted by Crippen LogP contribution is 2.44. The number of aliphatic hydroxyl groups excluding tert-OH is 5. The molecule has 2 bridgehead atoms. The third-order valence-corrected chi connectivity index (χ3v) is 8.08. The molecule has 12 heteroatoms. The van der Waals surface area contributed by atoms with E-state index in [9.17, 15) is 35.1 Å². The molecule has 0 aromatic carbocycles. The lowest BCUT2D eigenvalue weighted by molar-refractivity contribution is -0.326. The Labute approximate surface area is 220 Å². The lowest BCUT2D eigenvalue weighted by atomic mass is 9.83. The average Bonchev–Trinajstić information content (AvgIpc) is 3.20. The van der Waals surface area contributed by atoms with Crippen LogP contribution < -0.4 is 0 Å². The van der Waals surface area contributed by atoms with Gasteiger partial charge < -0.3 is 49.2 Å². The highest BCUT2D eigenvalue weighted by Gasteiger charge is 2.48. The van der Waals surface area contributed by atoms with E-state index in [4.69, 9.17) is 23.7 Å². The van der Waals surface area contributed by atoms with Crippen molar-refractivity contribution < 1.29 is 58.8 Å². The van der Waals surface area contributed by atoms with Crippen LogP contribution >= 0.6 is 0 Å². The summed E-state index contributed by atoms with van der Waals surface area (Å²) in [5.74, 6) is -1.68. The standard InChI is InChI=1S/C26H36O12/c1-4-13-15-6-20(29)34-9-16-12(3)18(5-14(16)11(2)7-27)36-24(33)17(15)10-35-25(13)38-26-23(32)22(31)21(30)19(8-28)37-26/h4,6,10-12,14,16,18-19,21-23,25-28,30-32H,5,7-9H2,1-3H3/b13-4?,15-6+/t11-,12+,14-,16+,18+,19+,21+,22-,23+,25?,26-/m0/s1. The molecule has 12 nitrogen and oxygen atoms in total. The molecule has 4 aliphatic rings. The molecule has 1 aliphatic carbocycles. The summed E-state index contributed by atoms with van der Waals surface area (Å²) in [7, 11) is 0. The van der Waals surface area contributed by atoms with Crippen LogP contribution in [0.4, 0.5) is 0 Å². The zero-order valence-electron chi connectivity index (χ0n) is 21.5. The van der Waals surface area contributed by atoms with Crippen LogP contribution in [-0.4, -0.2) is 100 Å². The molecule has 1 saturated carbocycles. The zero-order valence-corrected chi connectivity index (χ0v) is 21.5. The molecular formula is C26H36O12. The van der Waals surface area contributed by atoms with Crippen LogP contribution in [0.1, 0.15) is 27.2 Å². The van der Waals surface area contributed by atoms with Gasteiger partial charge in [-0.3, -0.25) is 0 Å². The van der Waals surface area contributed by atoms with Gasteiger partial charge in [-0.1, -0.05) is 19.9 Å². The number of esters is 2. The van der Waals surface area contributed by atoms with Crippen LogP contribution in [0.2, 0.25) is 0 Å². The quantitative estimate of drug-likeness (QED) is 0.277. The van der Waals surface area contributed by atoms with E-state index < -0.39 is 61.6 Å². The molecule has 11 atom stereocenters. The van der Waals surface area contributed by atoms with Crippen LogP contribution in [0.5, 0.6) is 0 Å². The van der Waals surface area contributed by atoms with Gasteiger partial charge in [0, 0.05) is 29.7 Å². The van der Waals surface area contributed by atoms with Crippen molar-refractivity contribution in [3.8, 4) is 0 Å². The Bertz CT molecular complexity index is 987. The van der Waals surface area contributed by atoms with Crippen LogP contribution in [0.15, 0.2) is 35.1 Å². The van der Waals surface area contributed by atoms with Gasteiger partial charge in [0.2, 0.25) is 6.29 Å². The van der Waals surface area contributed by atoms with Crippen molar-refractivity contribution >= 4 is 11.9 Å². The number of aliphatic hydroxyl groups is 5. The highest BCUT2D eigenvalue weighted by molar-refractivity contribution is 5.98. The number of hydrogen-bond donors (Lipinski definition) is 5. The molecule has 4 rings (SSSR count). The van der Waals surface area contributed by atoms with Crippen LogP contribution in [0, 0.1) is 23.7 Å². The lowest BCUT2D eigenvalue weighted by Crippen LogP contribution is -2.59. The Morgan fingerprint density at radius 3 is 2.53 bits per heavy atom. The van der Waals surface area contributed by atoms with Gasteiger partial charge >= 0.3 is 11.9 Å². The Morgan fingerprint density at radius 2 is 1.87 bits per heavy atom. The molecule has 1 unspecified atom stereocenters. The summed E-state index contributed by atoms with van der Waals surface area (Å²) in [6.07, 6.45) is -5.06. The van der Waals surface area contributed by atoms with Crippen molar-refractivity contribution in [2.45, 2.75) is 70.3 Å². The fourth-order valence-electron chi connectivity index (χ4n) is 5.65. The first-order chi connectivity index (χ1) is 18.1. The molecule has 2 fully saturated rings. The van der Waals surface area contributed by atoms with Gasteiger partial charge in [-0.05, 0) is 31.1 Å². The molecule has 5 N–H and O–H groups in total. The lowest BCUT2D eigenvalue weighted by Gasteiger charge is -2.41. The monoisotopic (exact) mass is 540 g/mol. The summed E-state index contributed by atoms with van der Waals surface area (Å²) in [6, 6.07) is 0. The molecule has 0 aromatic rings. The second kappa shape index (κ2) is 11.8. The minimum absolute atomic E-state index is 0.00229. The first-order valence-corrected chi connectivity index (χ1v) is 12.8. The second-order valence-electron chi connectivity index (χ2n) is 10.3. The van der Waals surface area contributed by atoms with Crippen molar-refractivity contribution in [2.24, 2.45) is 23.7 Å². The van der Waals surface area contributed by atoms with Crippen molar-refractivity contribution in [1.29, 1.82) is 0 Å². The van der Waals surface area contributed by atoms with E-state index in [0.29, 0.717) is 6.42 Å². The fourth-order valence-corrected chi connectivity index (χ4v) is 5.65. The van der Waals surface area contributed by atoms with E-state index >= 15 is 0 Å². The average molecular weight is 541 g/mol. The first kappa shape index (κ1) is 28.7. The second-order valence-corrected chi connectivity index (χ2v) is 10.3. The van der Waals surface area contributed by atoms with Gasteiger partial charge in [-0.25, -0.2) is 9.59 Å². The predicted octanol–water partition coefficient (Wildman–Crippen LogP) is -0.715. The van der Waals surface area contributed by atoms with Gasteiger partial charge in [0.1, 0.15) is 42.4 Å². The van der Waals surface area contributed by atoms with E-state index in [0.717, 1.165) is 12.3 Å². The molecule has 3 aliphatic heterocycles. The SMILES string of the molecule is CC=C1/C2=C\C(=O)OC[C@@H]3[C@@H](C)[C@@H](C[C@H]3[C@@H](C)CO)OC(=O)C2=COC1O[C@@H]1O[C@H](CO)[C@@H](O)[C@H](O)[C@H]1O. The van der Waals surface area contributed by atoms with Crippen LogP contribution in [-0.2, 0) is 33.3 Å². The van der Waals surface area contributed by atoms with Crippen LogP contribution in [0.25, 0.3) is 0 Å². The Hall–Kier alpha value is -2.32. The molecule has 0 radical (unpaired) electrons. The number of ether oxygens (including phenoxy) is 5. The molecule has 3 heterocycles. The number of hydrogen-bond acceptors (Lipinski definition) is 12. The molecule has 0 spiro atoms. The van der Waals surface area contributed by atoms with E-state index in [1.54, 1.807) is 13.0 Å². The number of carbonyl (C=O) groups excluding carboxylic acids is 2. The van der Waals surface area contributed by atoms with Crippen LogP contribution in [0.3, 0.4) is 0 Å². The van der Waals surface area contributed by atoms with E-state index in [1.165, 1.54) is 0 Å². The minimum atomic E-state index is -1.68. The molecule has 1 saturated heterocycles. The first-order valence-electron chi connectivity index (χ1n) is 12.8. The smallest absolute Gasteiger partial charge is 0.342 e. The summed E-state index contributed by atoms with van der Waals surface area (Å²) < 4.78 is 28.2. The molecule has 0 aromatic heterocycles. The minimum Gasteiger partial charge on any atom is -0.467 e. The summed E-state index contributed by atoms with van der Waals surface area (Å²) in [5.41, 5.74) is 0.333. The third kappa shape index (κ3) is 5.39. The number of cyclic esters (lactones) is 1. The maximum atomic E-state index is 13.3. The van der Waals surface area contributed by atoms with E-state index in [1.807, 2.05) is 13.8 Å². The number of carbonyl (C=O) groups is 2. The third-order valence-electron chi connectivity index (χ3n) is 8.08. The Kier molecular flexibility index (Phi) is 8.92. The van der Waals surface area contributed by atoms with Gasteiger partial charge in [0.15, 0.2) is 6.29 Å². The zero-order chi connectivity index (χ0) is 27.7. The van der Waals surface area contributed by atoms with E-state index in [-0.39, 0.29) is 53.6 Å². The molecule has 38 heavy (non-hydrogen) atoms. The largest absolute Gasteiger partial charge is 0.467 e. The summed E-state index contributed by atoms with van der Waals surface area (Å²) in [5, 5.41) is 49.6. The maximum Gasteiger partial charge on any atom is 0.342 e. The Morgan fingerprint density at radius 1 is 1.13 bits per heavy atom. The van der Waals surface area contributed by atoms with Gasteiger partial charge in [-0.15, -0.1) is 0 Å². The van der Waals surface area contributed by atoms with Crippen molar-refractivity contribution in [3.63, 3.8) is 0 Å². The molecule has 0 amide bonds. The van der Waals surface area contributed by atoms with Gasteiger partial charge in [-0.2, -0.15) is 0 Å². The van der Waals surface area contributed by atoms with Crippen molar-refractivity contribution in [1.82, 2.24) is 0 Å². The number of fused-ring (bicyclic) bond motifs is 3. The summed E-state index contributed by atoms with van der Waals surface area (Å²) in [6.45, 7) is 4.88. The predicted molar refractivity (Wildman–Crippen MR) is 127 cm³/mol. The normalized spacial score (nSPS) is 43.0. The highest BCUT2D eigenvalue weighted by atomic mass is 16.8. The molecule has 212 valence electrons. The van der Waals surface area contributed by atoms with Gasteiger partial charge in [0.25, 0.3) is 0 Å². The Balaban J connectivity index is 1.61. The number of rotatable bonds is 5. The van der Waals surface area contributed by atoms with Crippen molar-refractivity contribution in [3.05, 3.63) is 35.1 Å².